The minimum Gasteiger partial charge on any atom is -0.497 e. The van der Waals surface area contributed by atoms with E-state index in [2.05, 4.69) is 4.74 Å². The SMILES string of the molecule is COC(=O)/C=C/CC(c1cc(OC)ccc1OC)c1ccccc1C(=O)O. The van der Waals surface area contributed by atoms with Crippen LogP contribution < -0.4 is 9.47 Å². The first-order chi connectivity index (χ1) is 13.0. The predicted molar refractivity (Wildman–Crippen MR) is 101 cm³/mol. The highest BCUT2D eigenvalue weighted by Gasteiger charge is 2.23. The number of esters is 1. The third-order valence-corrected chi connectivity index (χ3v) is 4.21. The van der Waals surface area contributed by atoms with Gasteiger partial charge in [-0.15, -0.1) is 0 Å². The summed E-state index contributed by atoms with van der Waals surface area (Å²) in [5.41, 5.74) is 1.57. The first-order valence-corrected chi connectivity index (χ1v) is 8.30. The van der Waals surface area contributed by atoms with E-state index in [-0.39, 0.29) is 11.5 Å². The normalized spacial score (nSPS) is 11.8. The molecule has 0 saturated carbocycles. The molecule has 0 fully saturated rings. The molecular weight excluding hydrogens is 348 g/mol. The Labute approximate surface area is 158 Å². The van der Waals surface area contributed by atoms with Crippen LogP contribution in [0.5, 0.6) is 11.5 Å². The van der Waals surface area contributed by atoms with Crippen molar-refractivity contribution in [3.63, 3.8) is 0 Å². The molecule has 0 aliphatic heterocycles. The zero-order valence-corrected chi connectivity index (χ0v) is 15.5. The molecule has 0 bridgehead atoms. The maximum absolute atomic E-state index is 11.7. The topological polar surface area (TPSA) is 82.1 Å². The van der Waals surface area contributed by atoms with Crippen molar-refractivity contribution >= 4 is 11.9 Å². The van der Waals surface area contributed by atoms with Gasteiger partial charge in [-0.05, 0) is 36.2 Å². The van der Waals surface area contributed by atoms with Gasteiger partial charge in [-0.25, -0.2) is 9.59 Å². The highest BCUT2D eigenvalue weighted by atomic mass is 16.5. The molecule has 27 heavy (non-hydrogen) atoms. The van der Waals surface area contributed by atoms with Crippen LogP contribution in [0.3, 0.4) is 0 Å². The fraction of sp³-hybridized carbons (Fsp3) is 0.238. The predicted octanol–water partition coefficient (Wildman–Crippen LogP) is 3.65. The largest absolute Gasteiger partial charge is 0.497 e. The highest BCUT2D eigenvalue weighted by molar-refractivity contribution is 5.90. The van der Waals surface area contributed by atoms with Gasteiger partial charge in [0.25, 0.3) is 0 Å². The van der Waals surface area contributed by atoms with E-state index >= 15 is 0 Å². The molecule has 0 saturated heterocycles. The molecule has 0 aromatic heterocycles. The van der Waals surface area contributed by atoms with Crippen LogP contribution in [0.25, 0.3) is 0 Å². The first-order valence-electron chi connectivity index (χ1n) is 8.30. The van der Waals surface area contributed by atoms with Gasteiger partial charge >= 0.3 is 11.9 Å². The van der Waals surface area contributed by atoms with Gasteiger partial charge in [0, 0.05) is 17.6 Å². The van der Waals surface area contributed by atoms with Gasteiger partial charge in [-0.3, -0.25) is 0 Å². The summed E-state index contributed by atoms with van der Waals surface area (Å²) in [6, 6.07) is 12.1. The van der Waals surface area contributed by atoms with E-state index in [0.717, 1.165) is 5.56 Å². The Bertz CT molecular complexity index is 840. The first kappa shape index (κ1) is 20.0. The number of carboxylic acids is 1. The lowest BCUT2D eigenvalue weighted by Gasteiger charge is -2.21. The summed E-state index contributed by atoms with van der Waals surface area (Å²) in [6.07, 6.45) is 3.36. The molecule has 0 amide bonds. The number of carbonyl (C=O) groups is 2. The molecule has 0 radical (unpaired) electrons. The van der Waals surface area contributed by atoms with Gasteiger partial charge < -0.3 is 19.3 Å². The Kier molecular flexibility index (Phi) is 7.00. The van der Waals surface area contributed by atoms with Crippen molar-refractivity contribution in [1.82, 2.24) is 0 Å². The molecule has 1 atom stereocenters. The van der Waals surface area contributed by atoms with Crippen LogP contribution >= 0.6 is 0 Å². The van der Waals surface area contributed by atoms with Crippen LogP contribution in [-0.4, -0.2) is 38.4 Å². The summed E-state index contributed by atoms with van der Waals surface area (Å²) in [4.78, 5) is 23.1. The molecule has 0 aliphatic carbocycles. The second-order valence-electron chi connectivity index (χ2n) is 5.71. The molecule has 1 unspecified atom stereocenters. The minimum absolute atomic E-state index is 0.193. The molecule has 2 aromatic rings. The number of hydrogen-bond donors (Lipinski definition) is 1. The average molecular weight is 370 g/mol. The molecule has 6 heteroatoms. The zero-order chi connectivity index (χ0) is 19.8. The number of methoxy groups -OCH3 is 3. The lowest BCUT2D eigenvalue weighted by atomic mass is 9.85. The Morgan fingerprint density at radius 2 is 1.78 bits per heavy atom. The van der Waals surface area contributed by atoms with Gasteiger partial charge in [0.1, 0.15) is 11.5 Å². The maximum Gasteiger partial charge on any atom is 0.335 e. The number of hydrogen-bond acceptors (Lipinski definition) is 5. The number of rotatable bonds is 8. The van der Waals surface area contributed by atoms with Gasteiger partial charge in [0.2, 0.25) is 0 Å². The van der Waals surface area contributed by atoms with E-state index in [0.29, 0.717) is 23.5 Å². The molecule has 1 N–H and O–H groups in total. The molecule has 6 nitrogen and oxygen atoms in total. The van der Waals surface area contributed by atoms with Gasteiger partial charge in [0.15, 0.2) is 0 Å². The minimum atomic E-state index is -1.02. The van der Waals surface area contributed by atoms with Crippen molar-refractivity contribution in [2.24, 2.45) is 0 Å². The number of carbonyl (C=O) groups excluding carboxylic acids is 1. The van der Waals surface area contributed by atoms with E-state index in [1.54, 1.807) is 56.7 Å². The number of ether oxygens (including phenoxy) is 3. The van der Waals surface area contributed by atoms with E-state index < -0.39 is 11.9 Å². The van der Waals surface area contributed by atoms with E-state index in [9.17, 15) is 14.7 Å². The third kappa shape index (κ3) is 4.88. The fourth-order valence-corrected chi connectivity index (χ4v) is 2.90. The van der Waals surface area contributed by atoms with Crippen molar-refractivity contribution in [3.8, 4) is 11.5 Å². The van der Waals surface area contributed by atoms with Crippen LogP contribution in [-0.2, 0) is 9.53 Å². The van der Waals surface area contributed by atoms with Crippen molar-refractivity contribution in [1.29, 1.82) is 0 Å². The number of allylic oxidation sites excluding steroid dienone is 1. The Morgan fingerprint density at radius 1 is 1.04 bits per heavy atom. The fourth-order valence-electron chi connectivity index (χ4n) is 2.90. The third-order valence-electron chi connectivity index (χ3n) is 4.21. The quantitative estimate of drug-likeness (QED) is 0.564. The molecule has 0 aliphatic rings. The molecule has 0 spiro atoms. The van der Waals surface area contributed by atoms with Gasteiger partial charge in [-0.2, -0.15) is 0 Å². The standard InChI is InChI=1S/C21H22O6/c1-25-14-11-12-19(26-2)18(13-14)16(9-6-10-20(22)27-3)15-7-4-5-8-17(15)21(23)24/h4-8,10-13,16H,9H2,1-3H3,(H,23,24)/b10-6+. The summed E-state index contributed by atoms with van der Waals surface area (Å²) < 4.78 is 15.4. The van der Waals surface area contributed by atoms with E-state index in [1.165, 1.54) is 13.2 Å². The molecule has 2 aromatic carbocycles. The number of aromatic carboxylic acids is 1. The van der Waals surface area contributed by atoms with Crippen LogP contribution in [0, 0.1) is 0 Å². The van der Waals surface area contributed by atoms with Crippen molar-refractivity contribution in [2.75, 3.05) is 21.3 Å². The zero-order valence-electron chi connectivity index (χ0n) is 15.5. The highest BCUT2D eigenvalue weighted by Crippen LogP contribution is 2.38. The van der Waals surface area contributed by atoms with Crippen LogP contribution in [0.4, 0.5) is 0 Å². The molecule has 0 heterocycles. The van der Waals surface area contributed by atoms with Crippen molar-refractivity contribution in [2.45, 2.75) is 12.3 Å². The number of carboxylic acid groups (broad SMARTS) is 1. The second-order valence-corrected chi connectivity index (χ2v) is 5.71. The summed E-state index contributed by atoms with van der Waals surface area (Å²) in [6.45, 7) is 0. The van der Waals surface area contributed by atoms with Crippen LogP contribution in [0.1, 0.15) is 33.8 Å². The van der Waals surface area contributed by atoms with E-state index in [1.807, 2.05) is 6.07 Å². The van der Waals surface area contributed by atoms with Crippen molar-refractivity contribution in [3.05, 3.63) is 71.3 Å². The lowest BCUT2D eigenvalue weighted by molar-refractivity contribution is -0.134. The second kappa shape index (κ2) is 9.43. The Hall–Kier alpha value is -3.28. The Balaban J connectivity index is 2.59. The number of benzene rings is 2. The van der Waals surface area contributed by atoms with Gasteiger partial charge in [0.05, 0.1) is 26.9 Å². The Morgan fingerprint density at radius 3 is 2.41 bits per heavy atom. The van der Waals surface area contributed by atoms with Crippen LogP contribution in [0.2, 0.25) is 0 Å². The molecular formula is C21H22O6. The van der Waals surface area contributed by atoms with Crippen molar-refractivity contribution < 1.29 is 28.9 Å². The average Bonchev–Trinajstić information content (AvgIpc) is 2.70. The van der Waals surface area contributed by atoms with E-state index in [4.69, 9.17) is 9.47 Å². The molecule has 142 valence electrons. The summed E-state index contributed by atoms with van der Waals surface area (Å²) >= 11 is 0. The lowest BCUT2D eigenvalue weighted by Crippen LogP contribution is -2.10. The maximum atomic E-state index is 11.7. The van der Waals surface area contributed by atoms with Gasteiger partial charge in [-0.1, -0.05) is 24.3 Å². The monoisotopic (exact) mass is 370 g/mol. The summed E-state index contributed by atoms with van der Waals surface area (Å²) in [5.74, 6) is -0.622. The van der Waals surface area contributed by atoms with Crippen LogP contribution in [0.15, 0.2) is 54.6 Å². The summed E-state index contributed by atoms with van der Waals surface area (Å²) in [7, 11) is 4.41. The smallest absolute Gasteiger partial charge is 0.335 e. The molecule has 2 rings (SSSR count). The summed E-state index contributed by atoms with van der Waals surface area (Å²) in [5, 5.41) is 9.59.